The van der Waals surface area contributed by atoms with Crippen molar-refractivity contribution in [1.82, 2.24) is 9.97 Å². The highest BCUT2D eigenvalue weighted by molar-refractivity contribution is 6.30. The van der Waals surface area contributed by atoms with Crippen LogP contribution in [0, 0.1) is 6.92 Å². The number of nitrogens with two attached hydrogens (primary N) is 1. The van der Waals surface area contributed by atoms with Crippen LogP contribution in [0.2, 0.25) is 5.02 Å². The third-order valence-corrected chi connectivity index (χ3v) is 4.37. The van der Waals surface area contributed by atoms with Gasteiger partial charge < -0.3 is 10.7 Å². The molecule has 1 aromatic carbocycles. The molecule has 1 heterocycles. The molecule has 0 amide bonds. The van der Waals surface area contributed by atoms with E-state index in [2.05, 4.69) is 11.9 Å². The number of halogens is 1. The molecule has 0 aliphatic heterocycles. The standard InChI is InChI=1S/C16H20ClN3/c1-10-15(11-5-7-13(17)8-6-11)20-16(19-10)12-3-2-4-14(18)9-12/h5-8,12,14H,2-4,9,18H2,1H3,(H,19,20). The van der Waals surface area contributed by atoms with Crippen LogP contribution in [0.5, 0.6) is 0 Å². The Morgan fingerprint density at radius 1 is 1.25 bits per heavy atom. The van der Waals surface area contributed by atoms with Crippen molar-refractivity contribution in [1.29, 1.82) is 0 Å². The fourth-order valence-electron chi connectivity index (χ4n) is 3.04. The SMILES string of the molecule is Cc1[nH]c(C2CCCC(N)C2)nc1-c1ccc(Cl)cc1. The van der Waals surface area contributed by atoms with Crippen LogP contribution in [-0.4, -0.2) is 16.0 Å². The van der Waals surface area contributed by atoms with E-state index in [9.17, 15) is 0 Å². The molecule has 20 heavy (non-hydrogen) atoms. The Hall–Kier alpha value is -1.32. The summed E-state index contributed by atoms with van der Waals surface area (Å²) in [7, 11) is 0. The topological polar surface area (TPSA) is 54.7 Å². The molecule has 0 radical (unpaired) electrons. The van der Waals surface area contributed by atoms with E-state index in [0.29, 0.717) is 12.0 Å². The fourth-order valence-corrected chi connectivity index (χ4v) is 3.17. The smallest absolute Gasteiger partial charge is 0.110 e. The molecule has 0 saturated heterocycles. The van der Waals surface area contributed by atoms with Crippen molar-refractivity contribution in [2.75, 3.05) is 0 Å². The van der Waals surface area contributed by atoms with Crippen molar-refractivity contribution >= 4 is 11.6 Å². The Kier molecular flexibility index (Phi) is 3.81. The molecule has 0 bridgehead atoms. The van der Waals surface area contributed by atoms with Gasteiger partial charge in [0.25, 0.3) is 0 Å². The molecule has 2 atom stereocenters. The van der Waals surface area contributed by atoms with E-state index in [0.717, 1.165) is 40.6 Å². The third kappa shape index (κ3) is 2.74. The second-order valence-electron chi connectivity index (χ2n) is 5.73. The molecule has 1 aromatic heterocycles. The van der Waals surface area contributed by atoms with Crippen molar-refractivity contribution < 1.29 is 0 Å². The zero-order valence-electron chi connectivity index (χ0n) is 11.7. The quantitative estimate of drug-likeness (QED) is 0.877. The van der Waals surface area contributed by atoms with Crippen LogP contribution in [0.15, 0.2) is 24.3 Å². The minimum Gasteiger partial charge on any atom is -0.345 e. The fraction of sp³-hybridized carbons (Fsp3) is 0.438. The molecule has 1 saturated carbocycles. The van der Waals surface area contributed by atoms with Gasteiger partial charge in [-0.3, -0.25) is 0 Å². The number of aromatic amines is 1. The van der Waals surface area contributed by atoms with E-state index in [1.54, 1.807) is 0 Å². The van der Waals surface area contributed by atoms with E-state index in [1.165, 1.54) is 12.8 Å². The summed E-state index contributed by atoms with van der Waals surface area (Å²) in [5.74, 6) is 1.56. The van der Waals surface area contributed by atoms with E-state index >= 15 is 0 Å². The second-order valence-corrected chi connectivity index (χ2v) is 6.16. The molecule has 1 fully saturated rings. The summed E-state index contributed by atoms with van der Waals surface area (Å²) in [5.41, 5.74) is 9.32. The average molecular weight is 290 g/mol. The van der Waals surface area contributed by atoms with Gasteiger partial charge in [-0.15, -0.1) is 0 Å². The Balaban J connectivity index is 1.88. The zero-order valence-corrected chi connectivity index (χ0v) is 12.5. The summed E-state index contributed by atoms with van der Waals surface area (Å²) in [6.07, 6.45) is 4.55. The monoisotopic (exact) mass is 289 g/mol. The van der Waals surface area contributed by atoms with Crippen molar-refractivity contribution in [3.8, 4) is 11.3 Å². The molecule has 2 unspecified atom stereocenters. The number of H-pyrrole nitrogens is 1. The molecule has 1 aliphatic rings. The summed E-state index contributed by atoms with van der Waals surface area (Å²) in [6, 6.07) is 8.16. The van der Waals surface area contributed by atoms with E-state index in [1.807, 2.05) is 24.3 Å². The van der Waals surface area contributed by atoms with Crippen LogP contribution < -0.4 is 5.73 Å². The van der Waals surface area contributed by atoms with Crippen molar-refractivity contribution in [3.63, 3.8) is 0 Å². The van der Waals surface area contributed by atoms with E-state index < -0.39 is 0 Å². The maximum absolute atomic E-state index is 6.08. The van der Waals surface area contributed by atoms with Gasteiger partial charge in [-0.1, -0.05) is 30.2 Å². The first kappa shape index (κ1) is 13.7. The Morgan fingerprint density at radius 3 is 2.70 bits per heavy atom. The van der Waals surface area contributed by atoms with Crippen molar-refractivity contribution in [2.45, 2.75) is 44.6 Å². The zero-order chi connectivity index (χ0) is 14.1. The lowest BCUT2D eigenvalue weighted by atomic mass is 9.86. The van der Waals surface area contributed by atoms with Gasteiger partial charge in [0.1, 0.15) is 5.82 Å². The lowest BCUT2D eigenvalue weighted by molar-refractivity contribution is 0.383. The number of imidazole rings is 1. The lowest BCUT2D eigenvalue weighted by Crippen LogP contribution is -2.27. The number of aromatic nitrogens is 2. The summed E-state index contributed by atoms with van der Waals surface area (Å²) in [5, 5.41) is 0.750. The molecule has 106 valence electrons. The van der Waals surface area contributed by atoms with Crippen LogP contribution >= 0.6 is 11.6 Å². The number of hydrogen-bond acceptors (Lipinski definition) is 2. The van der Waals surface area contributed by atoms with E-state index in [-0.39, 0.29) is 0 Å². The van der Waals surface area contributed by atoms with Crippen LogP contribution in [0.4, 0.5) is 0 Å². The van der Waals surface area contributed by atoms with Crippen LogP contribution in [0.25, 0.3) is 11.3 Å². The van der Waals surface area contributed by atoms with Gasteiger partial charge in [-0.25, -0.2) is 4.98 Å². The van der Waals surface area contributed by atoms with Gasteiger partial charge in [0.15, 0.2) is 0 Å². The van der Waals surface area contributed by atoms with Crippen LogP contribution in [0.1, 0.15) is 43.1 Å². The number of benzene rings is 1. The lowest BCUT2D eigenvalue weighted by Gasteiger charge is -2.24. The highest BCUT2D eigenvalue weighted by Crippen LogP contribution is 2.33. The van der Waals surface area contributed by atoms with Gasteiger partial charge in [-0.05, 0) is 38.3 Å². The molecule has 0 spiro atoms. The highest BCUT2D eigenvalue weighted by Gasteiger charge is 2.24. The summed E-state index contributed by atoms with van der Waals surface area (Å²) in [4.78, 5) is 8.26. The molecular formula is C16H20ClN3. The number of hydrogen-bond donors (Lipinski definition) is 2. The first-order chi connectivity index (χ1) is 9.63. The maximum atomic E-state index is 6.08. The number of nitrogens with one attached hydrogen (secondary N) is 1. The van der Waals surface area contributed by atoms with Gasteiger partial charge in [-0.2, -0.15) is 0 Å². The Labute approximate surface area is 124 Å². The Bertz CT molecular complexity index is 588. The first-order valence-electron chi connectivity index (χ1n) is 7.21. The molecular weight excluding hydrogens is 270 g/mol. The van der Waals surface area contributed by atoms with Gasteiger partial charge >= 0.3 is 0 Å². The van der Waals surface area contributed by atoms with Crippen LogP contribution in [-0.2, 0) is 0 Å². The summed E-state index contributed by atoms with van der Waals surface area (Å²) >= 11 is 5.94. The first-order valence-corrected chi connectivity index (χ1v) is 7.59. The van der Waals surface area contributed by atoms with Gasteiger partial charge in [0.2, 0.25) is 0 Å². The van der Waals surface area contributed by atoms with Crippen LogP contribution in [0.3, 0.4) is 0 Å². The predicted molar refractivity (Wildman–Crippen MR) is 83.0 cm³/mol. The second kappa shape index (κ2) is 5.58. The molecule has 2 aromatic rings. The molecule has 3 N–H and O–H groups in total. The minimum atomic E-state index is 0.318. The maximum Gasteiger partial charge on any atom is 0.110 e. The predicted octanol–water partition coefficient (Wildman–Crippen LogP) is 4.02. The molecule has 3 rings (SSSR count). The van der Waals surface area contributed by atoms with Gasteiger partial charge in [0.05, 0.1) is 5.69 Å². The number of nitrogens with zero attached hydrogens (tertiary/aromatic N) is 1. The number of rotatable bonds is 2. The third-order valence-electron chi connectivity index (χ3n) is 4.12. The average Bonchev–Trinajstić information content (AvgIpc) is 2.82. The van der Waals surface area contributed by atoms with Crippen molar-refractivity contribution in [3.05, 3.63) is 40.8 Å². The van der Waals surface area contributed by atoms with E-state index in [4.69, 9.17) is 22.3 Å². The number of aryl methyl sites for hydroxylation is 1. The summed E-state index contributed by atoms with van der Waals surface area (Å²) in [6.45, 7) is 2.07. The van der Waals surface area contributed by atoms with Crippen molar-refractivity contribution in [2.24, 2.45) is 5.73 Å². The summed E-state index contributed by atoms with van der Waals surface area (Å²) < 4.78 is 0. The minimum absolute atomic E-state index is 0.318. The Morgan fingerprint density at radius 2 is 2.00 bits per heavy atom. The van der Waals surface area contributed by atoms with Gasteiger partial charge in [0, 0.05) is 28.2 Å². The normalized spacial score (nSPS) is 22.9. The molecule has 4 heteroatoms. The molecule has 1 aliphatic carbocycles. The highest BCUT2D eigenvalue weighted by atomic mass is 35.5. The largest absolute Gasteiger partial charge is 0.345 e. The molecule has 3 nitrogen and oxygen atoms in total.